The molecule has 0 bridgehead atoms. The number of likely N-dealkylation sites (tertiary alicyclic amines) is 1. The van der Waals surface area contributed by atoms with Crippen LogP contribution in [0.25, 0.3) is 0 Å². The number of aryl methyl sites for hydroxylation is 1. The van der Waals surface area contributed by atoms with Crippen LogP contribution in [0.2, 0.25) is 5.02 Å². The van der Waals surface area contributed by atoms with E-state index in [4.69, 9.17) is 16.7 Å². The molecule has 1 saturated heterocycles. The fraction of sp³-hybridized carbons (Fsp3) is 0.417. The maximum Gasteiger partial charge on any atom is 0.257 e. The minimum absolute atomic E-state index is 0.0615. The van der Waals surface area contributed by atoms with E-state index in [1.807, 2.05) is 24.3 Å². The third-order valence-electron chi connectivity index (χ3n) is 6.09. The molecule has 5 heteroatoms. The highest BCUT2D eigenvalue weighted by Crippen LogP contribution is 2.34. The summed E-state index contributed by atoms with van der Waals surface area (Å²) < 4.78 is 0. The smallest absolute Gasteiger partial charge is 0.257 e. The normalized spacial score (nSPS) is 22.6. The van der Waals surface area contributed by atoms with E-state index in [9.17, 15) is 4.79 Å². The van der Waals surface area contributed by atoms with Crippen molar-refractivity contribution in [3.05, 3.63) is 70.2 Å². The van der Waals surface area contributed by atoms with E-state index in [1.54, 1.807) is 5.01 Å². The quantitative estimate of drug-likeness (QED) is 0.695. The summed E-state index contributed by atoms with van der Waals surface area (Å²) in [7, 11) is 0. The van der Waals surface area contributed by atoms with Crippen molar-refractivity contribution in [1.29, 1.82) is 0 Å². The number of carbonyl (C=O) groups is 1. The Balaban J connectivity index is 1.62. The molecule has 2 aromatic rings. The van der Waals surface area contributed by atoms with Crippen LogP contribution in [-0.4, -0.2) is 40.7 Å². The third kappa shape index (κ3) is 4.39. The minimum Gasteiger partial charge on any atom is -0.292 e. The van der Waals surface area contributed by atoms with E-state index >= 15 is 0 Å². The molecule has 4 rings (SSSR count). The number of hydrogen-bond acceptors (Lipinski definition) is 3. The van der Waals surface area contributed by atoms with Crippen LogP contribution in [0.5, 0.6) is 0 Å². The van der Waals surface area contributed by atoms with Gasteiger partial charge in [-0.25, -0.2) is 5.01 Å². The second-order valence-electron chi connectivity index (χ2n) is 8.21. The number of hydrogen-bond donors (Lipinski definition) is 0. The maximum atomic E-state index is 13.3. The van der Waals surface area contributed by atoms with Crippen LogP contribution in [-0.2, 0) is 4.79 Å². The van der Waals surface area contributed by atoms with Crippen molar-refractivity contribution in [3.63, 3.8) is 0 Å². The molecule has 2 heterocycles. The molecule has 2 aliphatic rings. The maximum absolute atomic E-state index is 13.3. The Morgan fingerprint density at radius 3 is 2.62 bits per heavy atom. The molecule has 1 fully saturated rings. The van der Waals surface area contributed by atoms with Crippen LogP contribution in [0.4, 0.5) is 0 Å². The predicted molar refractivity (Wildman–Crippen MR) is 118 cm³/mol. The van der Waals surface area contributed by atoms with Gasteiger partial charge in [-0.05, 0) is 44.9 Å². The number of nitrogens with zero attached hydrogens (tertiary/aromatic N) is 3. The zero-order chi connectivity index (χ0) is 20.4. The first-order valence-corrected chi connectivity index (χ1v) is 10.9. The molecule has 1 amide bonds. The summed E-state index contributed by atoms with van der Waals surface area (Å²) in [5, 5.41) is 7.15. The standard InChI is InChI=1S/C24H28ClN3O/c1-17-10-12-19(13-11-17)23-15-22(20-8-3-4-9-21(20)25)26-28(23)24(29)16-27-14-6-5-7-18(27)2/h3-4,8-13,18,23H,5-7,14-16H2,1-2H3/t18-,23+/m0/s1. The van der Waals surface area contributed by atoms with Crippen LogP contribution < -0.4 is 0 Å². The second kappa shape index (κ2) is 8.68. The molecule has 2 aromatic carbocycles. The molecule has 0 spiro atoms. The second-order valence-corrected chi connectivity index (χ2v) is 8.62. The number of benzene rings is 2. The van der Waals surface area contributed by atoms with E-state index in [0.29, 0.717) is 24.0 Å². The highest BCUT2D eigenvalue weighted by atomic mass is 35.5. The first-order valence-electron chi connectivity index (χ1n) is 10.5. The molecule has 0 aromatic heterocycles. The molecule has 2 atom stereocenters. The van der Waals surface area contributed by atoms with Gasteiger partial charge >= 0.3 is 0 Å². The zero-order valence-corrected chi connectivity index (χ0v) is 17.9. The van der Waals surface area contributed by atoms with Crippen molar-refractivity contribution in [1.82, 2.24) is 9.91 Å². The van der Waals surface area contributed by atoms with Gasteiger partial charge in [-0.1, -0.05) is 66.0 Å². The van der Waals surface area contributed by atoms with Crippen molar-refractivity contribution >= 4 is 23.2 Å². The number of piperidine rings is 1. The Kier molecular flexibility index (Phi) is 6.02. The Bertz CT molecular complexity index is 909. The highest BCUT2D eigenvalue weighted by Gasteiger charge is 2.35. The molecule has 0 aliphatic carbocycles. The molecule has 152 valence electrons. The molecule has 2 aliphatic heterocycles. The number of amides is 1. The molecule has 0 saturated carbocycles. The Labute approximate surface area is 178 Å². The SMILES string of the molecule is Cc1ccc([C@H]2CC(c3ccccc3Cl)=NN2C(=O)CN2CCCC[C@@H]2C)cc1. The summed E-state index contributed by atoms with van der Waals surface area (Å²) in [6.45, 7) is 5.69. The topological polar surface area (TPSA) is 35.9 Å². The lowest BCUT2D eigenvalue weighted by Crippen LogP contribution is -2.44. The van der Waals surface area contributed by atoms with Crippen LogP contribution in [0.3, 0.4) is 0 Å². The van der Waals surface area contributed by atoms with E-state index in [0.717, 1.165) is 36.2 Å². The van der Waals surface area contributed by atoms with Gasteiger partial charge in [0.15, 0.2) is 0 Å². The van der Waals surface area contributed by atoms with Gasteiger partial charge in [0.05, 0.1) is 18.3 Å². The highest BCUT2D eigenvalue weighted by molar-refractivity contribution is 6.34. The Hall–Kier alpha value is -2.17. The minimum atomic E-state index is -0.0885. The lowest BCUT2D eigenvalue weighted by atomic mass is 9.97. The van der Waals surface area contributed by atoms with Crippen LogP contribution in [0, 0.1) is 6.92 Å². The molecular weight excluding hydrogens is 382 g/mol. The van der Waals surface area contributed by atoms with Crippen molar-refractivity contribution in [2.75, 3.05) is 13.1 Å². The molecule has 0 radical (unpaired) electrons. The number of carbonyl (C=O) groups excluding carboxylic acids is 1. The van der Waals surface area contributed by atoms with Crippen molar-refractivity contribution < 1.29 is 4.79 Å². The van der Waals surface area contributed by atoms with E-state index < -0.39 is 0 Å². The molecular formula is C24H28ClN3O. The average Bonchev–Trinajstić information content (AvgIpc) is 3.16. The van der Waals surface area contributed by atoms with Gasteiger partial charge < -0.3 is 0 Å². The fourth-order valence-corrected chi connectivity index (χ4v) is 4.53. The fourth-order valence-electron chi connectivity index (χ4n) is 4.29. The molecule has 0 unspecified atom stereocenters. The molecule has 29 heavy (non-hydrogen) atoms. The van der Waals surface area contributed by atoms with Crippen molar-refractivity contribution in [2.24, 2.45) is 5.10 Å². The average molecular weight is 410 g/mol. The van der Waals surface area contributed by atoms with Crippen LogP contribution in [0.1, 0.15) is 55.3 Å². The van der Waals surface area contributed by atoms with Gasteiger partial charge in [-0.3, -0.25) is 9.69 Å². The largest absolute Gasteiger partial charge is 0.292 e. The van der Waals surface area contributed by atoms with Gasteiger partial charge in [0.25, 0.3) is 5.91 Å². The van der Waals surface area contributed by atoms with Gasteiger partial charge in [0, 0.05) is 23.0 Å². The van der Waals surface area contributed by atoms with E-state index in [2.05, 4.69) is 43.0 Å². The Morgan fingerprint density at radius 2 is 1.90 bits per heavy atom. The van der Waals surface area contributed by atoms with E-state index in [1.165, 1.54) is 12.0 Å². The summed E-state index contributed by atoms with van der Waals surface area (Å²) in [5.74, 6) is 0.0615. The summed E-state index contributed by atoms with van der Waals surface area (Å²) >= 11 is 6.43. The van der Waals surface area contributed by atoms with Gasteiger partial charge in [0.1, 0.15) is 0 Å². The van der Waals surface area contributed by atoms with Crippen LogP contribution >= 0.6 is 11.6 Å². The number of halogens is 1. The summed E-state index contributed by atoms with van der Waals surface area (Å²) in [6.07, 6.45) is 4.24. The van der Waals surface area contributed by atoms with Gasteiger partial charge in [0.2, 0.25) is 0 Å². The van der Waals surface area contributed by atoms with Crippen molar-refractivity contribution in [3.8, 4) is 0 Å². The predicted octanol–water partition coefficient (Wildman–Crippen LogP) is 5.20. The first-order chi connectivity index (χ1) is 14.0. The van der Waals surface area contributed by atoms with Gasteiger partial charge in [-0.2, -0.15) is 5.10 Å². The van der Waals surface area contributed by atoms with Gasteiger partial charge in [-0.15, -0.1) is 0 Å². The number of rotatable bonds is 4. The summed E-state index contributed by atoms with van der Waals surface area (Å²) in [4.78, 5) is 15.6. The summed E-state index contributed by atoms with van der Waals surface area (Å²) in [6, 6.07) is 16.5. The molecule has 4 nitrogen and oxygen atoms in total. The lowest BCUT2D eigenvalue weighted by Gasteiger charge is -2.34. The first kappa shape index (κ1) is 20.1. The summed E-state index contributed by atoms with van der Waals surface area (Å²) in [5.41, 5.74) is 4.11. The third-order valence-corrected chi connectivity index (χ3v) is 6.42. The lowest BCUT2D eigenvalue weighted by molar-refractivity contribution is -0.135. The molecule has 0 N–H and O–H groups in total. The van der Waals surface area contributed by atoms with Crippen LogP contribution in [0.15, 0.2) is 53.6 Å². The zero-order valence-electron chi connectivity index (χ0n) is 17.1. The van der Waals surface area contributed by atoms with E-state index in [-0.39, 0.29) is 11.9 Å². The Morgan fingerprint density at radius 1 is 1.14 bits per heavy atom. The monoisotopic (exact) mass is 409 g/mol. The number of hydrazone groups is 1. The van der Waals surface area contributed by atoms with Crippen molar-refractivity contribution in [2.45, 2.75) is 51.6 Å².